The highest BCUT2D eigenvalue weighted by Crippen LogP contribution is 2.30. The van der Waals surface area contributed by atoms with Gasteiger partial charge in [0, 0.05) is 11.4 Å². The maximum Gasteiger partial charge on any atom is 0.0373 e. The summed E-state index contributed by atoms with van der Waals surface area (Å²) in [6.45, 7) is 6.15. The molecule has 0 aromatic carbocycles. The van der Waals surface area contributed by atoms with Gasteiger partial charge in [-0.15, -0.1) is 0 Å². The Bertz CT molecular complexity index is 281. The van der Waals surface area contributed by atoms with Crippen LogP contribution in [0.4, 0.5) is 0 Å². The van der Waals surface area contributed by atoms with Crippen molar-refractivity contribution in [3.63, 3.8) is 0 Å². The van der Waals surface area contributed by atoms with Crippen LogP contribution in [0.5, 0.6) is 0 Å². The fraction of sp³-hybridized carbons (Fsp3) is 0.455. The molecule has 1 nitrogen and oxygen atoms in total. The van der Waals surface area contributed by atoms with E-state index in [0.29, 0.717) is 0 Å². The maximum absolute atomic E-state index is 3.96. The number of allylic oxidation sites excluding steroid dienone is 4. The molecule has 0 radical (unpaired) electrons. The third kappa shape index (κ3) is 1.31. The van der Waals surface area contributed by atoms with Crippen LogP contribution in [0.2, 0.25) is 0 Å². The van der Waals surface area contributed by atoms with Gasteiger partial charge in [-0.05, 0) is 44.3 Å². The van der Waals surface area contributed by atoms with Crippen molar-refractivity contribution >= 4 is 0 Å². The van der Waals surface area contributed by atoms with Gasteiger partial charge in [-0.2, -0.15) is 0 Å². The van der Waals surface area contributed by atoms with Crippen LogP contribution in [0, 0.1) is 0 Å². The van der Waals surface area contributed by atoms with E-state index in [1.54, 1.807) is 5.57 Å². The molecular weight excluding hydrogens is 146 g/mol. The predicted octanol–water partition coefficient (Wildman–Crippen LogP) is 2.88. The summed E-state index contributed by atoms with van der Waals surface area (Å²) in [5, 5.41) is 3.36. The zero-order valence-corrected chi connectivity index (χ0v) is 7.61. The Kier molecular flexibility index (Phi) is 1.80. The average molecular weight is 161 g/mol. The van der Waals surface area contributed by atoms with Crippen molar-refractivity contribution in [2.45, 2.75) is 32.6 Å². The molecule has 0 amide bonds. The van der Waals surface area contributed by atoms with E-state index >= 15 is 0 Å². The Morgan fingerprint density at radius 2 is 2.00 bits per heavy atom. The van der Waals surface area contributed by atoms with Gasteiger partial charge in [0.05, 0.1) is 0 Å². The molecule has 1 aliphatic heterocycles. The van der Waals surface area contributed by atoms with E-state index in [2.05, 4.69) is 24.9 Å². The minimum absolute atomic E-state index is 1.12. The van der Waals surface area contributed by atoms with E-state index in [4.69, 9.17) is 0 Å². The third-order valence-electron chi connectivity index (χ3n) is 2.63. The molecule has 1 heteroatoms. The van der Waals surface area contributed by atoms with Crippen LogP contribution in [0.3, 0.4) is 0 Å². The molecule has 64 valence electrons. The molecule has 0 bridgehead atoms. The van der Waals surface area contributed by atoms with Gasteiger partial charge >= 0.3 is 0 Å². The smallest absolute Gasteiger partial charge is 0.0373 e. The van der Waals surface area contributed by atoms with Gasteiger partial charge in [-0.3, -0.25) is 0 Å². The summed E-state index contributed by atoms with van der Waals surface area (Å²) in [5.41, 5.74) is 5.57. The molecule has 0 aromatic rings. The normalized spacial score (nSPS) is 23.1. The summed E-state index contributed by atoms with van der Waals surface area (Å²) < 4.78 is 0. The highest BCUT2D eigenvalue weighted by molar-refractivity contribution is 5.36. The van der Waals surface area contributed by atoms with Gasteiger partial charge in [0.15, 0.2) is 0 Å². The van der Waals surface area contributed by atoms with Crippen LogP contribution >= 0.6 is 0 Å². The van der Waals surface area contributed by atoms with Crippen molar-refractivity contribution in [3.8, 4) is 0 Å². The van der Waals surface area contributed by atoms with Crippen LogP contribution in [0.25, 0.3) is 0 Å². The van der Waals surface area contributed by atoms with E-state index < -0.39 is 0 Å². The van der Waals surface area contributed by atoms with Crippen LogP contribution in [0.15, 0.2) is 35.2 Å². The first-order valence-corrected chi connectivity index (χ1v) is 4.60. The molecule has 0 fully saturated rings. The van der Waals surface area contributed by atoms with Gasteiger partial charge in [0.1, 0.15) is 0 Å². The molecule has 0 atom stereocenters. The standard InChI is InChI=1S/C11H15N/c1-8-3-5-10-6-4-9(2)12-11(10)7-8/h7,12H,2-6H2,1H3. The quantitative estimate of drug-likeness (QED) is 0.576. The van der Waals surface area contributed by atoms with E-state index in [1.807, 2.05) is 0 Å². The van der Waals surface area contributed by atoms with Crippen molar-refractivity contribution in [2.24, 2.45) is 0 Å². The summed E-state index contributed by atoms with van der Waals surface area (Å²) in [7, 11) is 0. The number of rotatable bonds is 0. The first-order valence-electron chi connectivity index (χ1n) is 4.60. The molecule has 12 heavy (non-hydrogen) atoms. The van der Waals surface area contributed by atoms with E-state index in [9.17, 15) is 0 Å². The Morgan fingerprint density at radius 1 is 1.25 bits per heavy atom. The summed E-state index contributed by atoms with van der Waals surface area (Å²) in [5.74, 6) is 0. The van der Waals surface area contributed by atoms with Gasteiger partial charge < -0.3 is 5.32 Å². The van der Waals surface area contributed by atoms with E-state index in [-0.39, 0.29) is 0 Å². The largest absolute Gasteiger partial charge is 0.359 e. The van der Waals surface area contributed by atoms with Gasteiger partial charge in [0.2, 0.25) is 0 Å². The second kappa shape index (κ2) is 2.81. The number of hydrogen-bond acceptors (Lipinski definition) is 1. The van der Waals surface area contributed by atoms with E-state index in [1.165, 1.54) is 36.2 Å². The lowest BCUT2D eigenvalue weighted by Crippen LogP contribution is -2.20. The Labute approximate surface area is 73.9 Å². The zero-order chi connectivity index (χ0) is 8.55. The van der Waals surface area contributed by atoms with Crippen molar-refractivity contribution in [3.05, 3.63) is 35.2 Å². The zero-order valence-electron chi connectivity index (χ0n) is 7.61. The second-order valence-electron chi connectivity index (χ2n) is 3.74. The lowest BCUT2D eigenvalue weighted by Gasteiger charge is -2.25. The van der Waals surface area contributed by atoms with Crippen molar-refractivity contribution in [1.29, 1.82) is 0 Å². The topological polar surface area (TPSA) is 12.0 Å². The fourth-order valence-electron chi connectivity index (χ4n) is 1.84. The highest BCUT2D eigenvalue weighted by Gasteiger charge is 2.15. The first kappa shape index (κ1) is 7.66. The molecule has 0 aromatic heterocycles. The molecule has 1 N–H and O–H groups in total. The van der Waals surface area contributed by atoms with Crippen molar-refractivity contribution < 1.29 is 0 Å². The van der Waals surface area contributed by atoms with Gasteiger partial charge in [0.25, 0.3) is 0 Å². The summed E-state index contributed by atoms with van der Waals surface area (Å²) in [6.07, 6.45) is 7.09. The molecule has 0 saturated heterocycles. The molecule has 2 rings (SSSR count). The average Bonchev–Trinajstić information content (AvgIpc) is 2.03. The lowest BCUT2D eigenvalue weighted by atomic mass is 9.91. The maximum atomic E-state index is 3.96. The summed E-state index contributed by atoms with van der Waals surface area (Å²) >= 11 is 0. The van der Waals surface area contributed by atoms with Crippen molar-refractivity contribution in [2.75, 3.05) is 0 Å². The monoisotopic (exact) mass is 161 g/mol. The fourth-order valence-corrected chi connectivity index (χ4v) is 1.84. The number of nitrogens with one attached hydrogen (secondary N) is 1. The minimum atomic E-state index is 1.12. The SMILES string of the molecule is C=C1CCC2=C(C=C(C)CC2)N1. The van der Waals surface area contributed by atoms with Gasteiger partial charge in [-0.25, -0.2) is 0 Å². The van der Waals surface area contributed by atoms with Gasteiger partial charge in [-0.1, -0.05) is 12.2 Å². The highest BCUT2D eigenvalue weighted by atomic mass is 14.9. The number of hydrogen-bond donors (Lipinski definition) is 1. The van der Waals surface area contributed by atoms with Crippen LogP contribution in [0.1, 0.15) is 32.6 Å². The Hall–Kier alpha value is -0.980. The summed E-state index contributed by atoms with van der Waals surface area (Å²) in [4.78, 5) is 0. The van der Waals surface area contributed by atoms with Crippen LogP contribution in [-0.4, -0.2) is 0 Å². The predicted molar refractivity (Wildman–Crippen MR) is 51.5 cm³/mol. The third-order valence-corrected chi connectivity index (χ3v) is 2.63. The molecule has 0 saturated carbocycles. The first-order chi connectivity index (χ1) is 5.75. The molecule has 0 spiro atoms. The van der Waals surface area contributed by atoms with Crippen molar-refractivity contribution in [1.82, 2.24) is 5.32 Å². The minimum Gasteiger partial charge on any atom is -0.359 e. The lowest BCUT2D eigenvalue weighted by molar-refractivity contribution is 0.707. The molecule has 0 unspecified atom stereocenters. The molecular formula is C11H15N. The Morgan fingerprint density at radius 3 is 2.83 bits per heavy atom. The van der Waals surface area contributed by atoms with E-state index in [0.717, 1.165) is 6.42 Å². The summed E-state index contributed by atoms with van der Waals surface area (Å²) in [6, 6.07) is 0. The second-order valence-corrected chi connectivity index (χ2v) is 3.74. The van der Waals surface area contributed by atoms with Crippen LogP contribution < -0.4 is 5.32 Å². The Balaban J connectivity index is 2.28. The van der Waals surface area contributed by atoms with Crippen LogP contribution in [-0.2, 0) is 0 Å². The molecule has 1 heterocycles. The molecule has 1 aliphatic carbocycles. The molecule has 2 aliphatic rings.